The molecule has 0 unspecified atom stereocenters. The van der Waals surface area contributed by atoms with Crippen LogP contribution in [0.5, 0.6) is 0 Å². The summed E-state index contributed by atoms with van der Waals surface area (Å²) in [5.41, 5.74) is 1.16. The van der Waals surface area contributed by atoms with Crippen LogP contribution in [-0.4, -0.2) is 34.4 Å². The molecule has 6 nitrogen and oxygen atoms in total. The minimum Gasteiger partial charge on any atom is -0.229 e. The van der Waals surface area contributed by atoms with Crippen LogP contribution in [0.4, 0.5) is 0 Å². The van der Waals surface area contributed by atoms with Crippen molar-refractivity contribution in [3.05, 3.63) is 41.7 Å². The number of rotatable bonds is 8. The fourth-order valence-electron chi connectivity index (χ4n) is 2.12. The first-order chi connectivity index (χ1) is 10.1. The van der Waals surface area contributed by atoms with E-state index in [2.05, 4.69) is 15.5 Å². The first kappa shape index (κ1) is 15.6. The third-order valence-corrected chi connectivity index (χ3v) is 4.76. The van der Waals surface area contributed by atoms with E-state index in [9.17, 15) is 8.42 Å². The molecule has 0 amide bonds. The van der Waals surface area contributed by atoms with Crippen LogP contribution in [0.2, 0.25) is 0 Å². The number of nitrogens with zero attached hydrogens (tertiary/aromatic N) is 4. The Morgan fingerprint density at radius 1 is 1.19 bits per heavy atom. The molecule has 0 spiro atoms. The average molecular weight is 308 g/mol. The molecule has 0 atom stereocenters. The van der Waals surface area contributed by atoms with Crippen LogP contribution in [0.3, 0.4) is 0 Å². The number of tetrazole rings is 1. The van der Waals surface area contributed by atoms with Gasteiger partial charge in [-0.1, -0.05) is 37.3 Å². The number of hydrogen-bond acceptors (Lipinski definition) is 5. The van der Waals surface area contributed by atoms with Gasteiger partial charge in [-0.3, -0.25) is 0 Å². The summed E-state index contributed by atoms with van der Waals surface area (Å²) in [7, 11) is -3.18. The molecule has 0 bridgehead atoms. The highest BCUT2D eigenvalue weighted by Crippen LogP contribution is 2.08. The highest BCUT2D eigenvalue weighted by atomic mass is 32.2. The first-order valence-corrected chi connectivity index (χ1v) is 8.92. The monoisotopic (exact) mass is 308 g/mol. The van der Waals surface area contributed by atoms with Crippen molar-refractivity contribution < 1.29 is 8.42 Å². The second-order valence-corrected chi connectivity index (χ2v) is 7.18. The van der Waals surface area contributed by atoms with Crippen LogP contribution in [0.1, 0.15) is 31.2 Å². The van der Waals surface area contributed by atoms with Crippen molar-refractivity contribution >= 4 is 9.84 Å². The van der Waals surface area contributed by atoms with Crippen molar-refractivity contribution in [1.82, 2.24) is 20.2 Å². The van der Waals surface area contributed by atoms with Crippen molar-refractivity contribution in [2.75, 3.05) is 5.75 Å². The summed E-state index contributed by atoms with van der Waals surface area (Å²) in [6, 6.07) is 9.89. The molecule has 0 radical (unpaired) electrons. The first-order valence-electron chi connectivity index (χ1n) is 7.10. The van der Waals surface area contributed by atoms with Crippen LogP contribution in [0.25, 0.3) is 0 Å². The Balaban J connectivity index is 1.88. The Morgan fingerprint density at radius 3 is 2.67 bits per heavy atom. The Hall–Kier alpha value is -1.76. The van der Waals surface area contributed by atoms with Gasteiger partial charge in [0.2, 0.25) is 0 Å². The fraction of sp³-hybridized carbons (Fsp3) is 0.500. The second kappa shape index (κ2) is 7.31. The smallest absolute Gasteiger partial charge is 0.166 e. The molecule has 21 heavy (non-hydrogen) atoms. The summed E-state index contributed by atoms with van der Waals surface area (Å²) < 4.78 is 25.8. The Morgan fingerprint density at radius 2 is 1.95 bits per heavy atom. The van der Waals surface area contributed by atoms with Gasteiger partial charge in [0.15, 0.2) is 15.7 Å². The highest BCUT2D eigenvalue weighted by Gasteiger charge is 2.17. The van der Waals surface area contributed by atoms with Crippen LogP contribution >= 0.6 is 0 Å². The van der Waals surface area contributed by atoms with E-state index in [1.807, 2.05) is 37.3 Å². The molecular formula is C14H20N4O2S. The van der Waals surface area contributed by atoms with E-state index in [4.69, 9.17) is 0 Å². The number of aryl methyl sites for hydroxylation is 2. The minimum absolute atomic E-state index is 0.0885. The van der Waals surface area contributed by atoms with E-state index in [0.29, 0.717) is 18.8 Å². The van der Waals surface area contributed by atoms with Gasteiger partial charge in [-0.05, 0) is 35.3 Å². The van der Waals surface area contributed by atoms with Gasteiger partial charge in [-0.15, -0.1) is 5.10 Å². The summed E-state index contributed by atoms with van der Waals surface area (Å²) in [5.74, 6) is 0.493. The van der Waals surface area contributed by atoms with E-state index in [-0.39, 0.29) is 11.5 Å². The number of sulfone groups is 1. The lowest BCUT2D eigenvalue weighted by Gasteiger charge is -2.05. The van der Waals surface area contributed by atoms with Crippen LogP contribution in [0, 0.1) is 0 Å². The summed E-state index contributed by atoms with van der Waals surface area (Å²) in [6.45, 7) is 2.64. The lowest BCUT2D eigenvalue weighted by Crippen LogP contribution is -2.15. The van der Waals surface area contributed by atoms with Gasteiger partial charge < -0.3 is 0 Å². The number of hydrogen-bond donors (Lipinski definition) is 0. The Bertz CT molecular complexity index is 653. The predicted molar refractivity (Wildman–Crippen MR) is 80.4 cm³/mol. The number of aromatic nitrogens is 4. The van der Waals surface area contributed by atoms with Crippen LogP contribution in [0.15, 0.2) is 30.3 Å². The molecule has 1 aromatic heterocycles. The molecule has 7 heteroatoms. The molecule has 2 rings (SSSR count). The molecule has 2 aromatic rings. The van der Waals surface area contributed by atoms with Gasteiger partial charge in [0.05, 0.1) is 5.75 Å². The summed E-state index contributed by atoms with van der Waals surface area (Å²) in [5, 5.41) is 11.2. The van der Waals surface area contributed by atoms with Gasteiger partial charge in [0.25, 0.3) is 0 Å². The molecule has 0 aliphatic rings. The van der Waals surface area contributed by atoms with Gasteiger partial charge in [-0.25, -0.2) is 13.1 Å². The fourth-order valence-corrected chi connectivity index (χ4v) is 3.45. The lowest BCUT2D eigenvalue weighted by molar-refractivity contribution is 0.555. The largest absolute Gasteiger partial charge is 0.229 e. The third kappa shape index (κ3) is 4.93. The maximum Gasteiger partial charge on any atom is 0.166 e. The summed E-state index contributed by atoms with van der Waals surface area (Å²) >= 11 is 0. The summed E-state index contributed by atoms with van der Waals surface area (Å²) in [6.07, 6.45) is 2.24. The lowest BCUT2D eigenvalue weighted by atomic mass is 10.1. The van der Waals surface area contributed by atoms with Crippen molar-refractivity contribution in [2.45, 2.75) is 38.5 Å². The average Bonchev–Trinajstić information content (AvgIpc) is 2.87. The van der Waals surface area contributed by atoms with Crippen LogP contribution < -0.4 is 0 Å². The van der Waals surface area contributed by atoms with E-state index in [1.54, 1.807) is 4.68 Å². The van der Waals surface area contributed by atoms with Gasteiger partial charge >= 0.3 is 0 Å². The molecule has 1 heterocycles. The molecule has 114 valence electrons. The maximum atomic E-state index is 12.1. The number of benzene rings is 1. The molecule has 1 aromatic carbocycles. The SMILES string of the molecule is CCCn1nnnc1CS(=O)(=O)CCCc1ccccc1. The predicted octanol–water partition coefficient (Wildman–Crippen LogP) is 1.63. The minimum atomic E-state index is -3.18. The van der Waals surface area contributed by atoms with Crippen molar-refractivity contribution in [1.29, 1.82) is 0 Å². The normalized spacial score (nSPS) is 11.7. The van der Waals surface area contributed by atoms with Gasteiger partial charge in [-0.2, -0.15) is 0 Å². The topological polar surface area (TPSA) is 77.7 Å². The Kier molecular flexibility index (Phi) is 5.44. The Labute approximate surface area is 125 Å². The zero-order chi connectivity index (χ0) is 15.1. The molecule has 0 aliphatic heterocycles. The zero-order valence-corrected chi connectivity index (χ0v) is 13.0. The van der Waals surface area contributed by atoms with Crippen molar-refractivity contribution in [3.63, 3.8) is 0 Å². The van der Waals surface area contributed by atoms with E-state index < -0.39 is 9.84 Å². The molecule has 0 aliphatic carbocycles. The maximum absolute atomic E-state index is 12.1. The standard InChI is InChI=1S/C14H20N4O2S/c1-2-10-18-14(15-16-17-18)12-21(19,20)11-6-9-13-7-4-3-5-8-13/h3-5,7-8H,2,6,9-12H2,1H3. The third-order valence-electron chi connectivity index (χ3n) is 3.15. The molecule has 0 saturated heterocycles. The van der Waals surface area contributed by atoms with E-state index in [0.717, 1.165) is 18.4 Å². The van der Waals surface area contributed by atoms with Crippen LogP contribution in [-0.2, 0) is 28.6 Å². The van der Waals surface area contributed by atoms with Crippen molar-refractivity contribution in [2.24, 2.45) is 0 Å². The van der Waals surface area contributed by atoms with E-state index >= 15 is 0 Å². The molecular weight excluding hydrogens is 288 g/mol. The second-order valence-electron chi connectivity index (χ2n) is 5.00. The zero-order valence-electron chi connectivity index (χ0n) is 12.1. The molecule has 0 fully saturated rings. The molecule has 0 N–H and O–H groups in total. The van der Waals surface area contributed by atoms with Gasteiger partial charge in [0, 0.05) is 6.54 Å². The van der Waals surface area contributed by atoms with Gasteiger partial charge in [0.1, 0.15) is 5.75 Å². The van der Waals surface area contributed by atoms with E-state index in [1.165, 1.54) is 0 Å². The molecule has 0 saturated carbocycles. The quantitative estimate of drug-likeness (QED) is 0.740. The highest BCUT2D eigenvalue weighted by molar-refractivity contribution is 7.90. The summed E-state index contributed by atoms with van der Waals surface area (Å²) in [4.78, 5) is 0. The van der Waals surface area contributed by atoms with Crippen molar-refractivity contribution in [3.8, 4) is 0 Å².